The third-order valence-corrected chi connectivity index (χ3v) is 4.60. The van der Waals surface area contributed by atoms with E-state index in [-0.39, 0.29) is 6.10 Å². The maximum Gasteiger partial charge on any atom is 0.120 e. The quantitative estimate of drug-likeness (QED) is 0.874. The van der Waals surface area contributed by atoms with Gasteiger partial charge in [0, 0.05) is 0 Å². The minimum Gasteiger partial charge on any atom is -0.490 e. The lowest BCUT2D eigenvalue weighted by Crippen LogP contribution is -2.28. The molecule has 0 spiro atoms. The molecular formula is C17H24O2. The fraction of sp³-hybridized carbons (Fsp3) is 0.647. The minimum atomic E-state index is -0.265. The molecule has 2 nitrogen and oxygen atoms in total. The van der Waals surface area contributed by atoms with E-state index in [4.69, 9.17) is 4.74 Å². The van der Waals surface area contributed by atoms with Gasteiger partial charge in [-0.05, 0) is 67.2 Å². The summed E-state index contributed by atoms with van der Waals surface area (Å²) in [5.74, 6) is 2.52. The molecule has 0 heterocycles. The Bertz CT molecular complexity index is 445. The molecule has 1 saturated carbocycles. The molecule has 0 amide bonds. The van der Waals surface area contributed by atoms with Gasteiger partial charge in [-0.1, -0.05) is 19.9 Å². The standard InChI is InChI=1S/C17H24O2/c1-11-7-12(2)9-15(8-11)19-14-4-5-16-13(10-14)3-6-17(16)18/h4-5,10-12,15,17-18H,3,6-9H2,1-2H3. The van der Waals surface area contributed by atoms with Gasteiger partial charge in [0.2, 0.25) is 0 Å². The molecule has 0 aromatic heterocycles. The number of aryl methyl sites for hydroxylation is 1. The van der Waals surface area contributed by atoms with Crippen molar-refractivity contribution in [3.63, 3.8) is 0 Å². The van der Waals surface area contributed by atoms with Gasteiger partial charge in [-0.2, -0.15) is 0 Å². The van der Waals surface area contributed by atoms with Crippen LogP contribution in [-0.2, 0) is 6.42 Å². The lowest BCUT2D eigenvalue weighted by atomic mass is 9.82. The molecule has 3 unspecified atom stereocenters. The third kappa shape index (κ3) is 2.79. The Labute approximate surface area is 115 Å². The summed E-state index contributed by atoms with van der Waals surface area (Å²) < 4.78 is 6.17. The number of ether oxygens (including phenoxy) is 1. The van der Waals surface area contributed by atoms with Crippen LogP contribution in [0, 0.1) is 11.8 Å². The Balaban J connectivity index is 1.70. The van der Waals surface area contributed by atoms with Crippen molar-refractivity contribution in [3.05, 3.63) is 29.3 Å². The lowest BCUT2D eigenvalue weighted by Gasteiger charge is -2.31. The zero-order valence-corrected chi connectivity index (χ0v) is 11.9. The van der Waals surface area contributed by atoms with Crippen LogP contribution in [0.4, 0.5) is 0 Å². The smallest absolute Gasteiger partial charge is 0.120 e. The molecule has 3 rings (SSSR count). The Morgan fingerprint density at radius 2 is 1.84 bits per heavy atom. The van der Waals surface area contributed by atoms with E-state index >= 15 is 0 Å². The van der Waals surface area contributed by atoms with Crippen molar-refractivity contribution >= 4 is 0 Å². The van der Waals surface area contributed by atoms with Crippen LogP contribution in [0.5, 0.6) is 5.75 Å². The van der Waals surface area contributed by atoms with Crippen molar-refractivity contribution in [2.75, 3.05) is 0 Å². The maximum absolute atomic E-state index is 9.82. The van der Waals surface area contributed by atoms with Crippen LogP contribution in [0.15, 0.2) is 18.2 Å². The van der Waals surface area contributed by atoms with Gasteiger partial charge in [-0.15, -0.1) is 0 Å². The van der Waals surface area contributed by atoms with Crippen LogP contribution in [0.25, 0.3) is 0 Å². The first-order valence-corrected chi connectivity index (χ1v) is 7.59. The topological polar surface area (TPSA) is 29.5 Å². The van der Waals surface area contributed by atoms with E-state index in [1.165, 1.54) is 24.8 Å². The minimum absolute atomic E-state index is 0.265. The molecule has 0 saturated heterocycles. The molecule has 1 aromatic rings. The summed E-state index contributed by atoms with van der Waals surface area (Å²) in [6.07, 6.45) is 5.60. The van der Waals surface area contributed by atoms with Crippen molar-refractivity contribution in [2.24, 2.45) is 11.8 Å². The summed E-state index contributed by atoms with van der Waals surface area (Å²) in [5.41, 5.74) is 2.36. The molecule has 3 atom stereocenters. The summed E-state index contributed by atoms with van der Waals surface area (Å²) in [5, 5.41) is 9.82. The first kappa shape index (κ1) is 13.0. The van der Waals surface area contributed by atoms with Gasteiger partial charge in [0.15, 0.2) is 0 Å². The number of fused-ring (bicyclic) bond motifs is 1. The molecule has 2 heteroatoms. The van der Waals surface area contributed by atoms with Gasteiger partial charge in [-0.3, -0.25) is 0 Å². The lowest BCUT2D eigenvalue weighted by molar-refractivity contribution is 0.101. The summed E-state index contributed by atoms with van der Waals surface area (Å²) >= 11 is 0. The summed E-state index contributed by atoms with van der Waals surface area (Å²) in [6, 6.07) is 6.20. The number of aliphatic hydroxyl groups is 1. The summed E-state index contributed by atoms with van der Waals surface area (Å²) in [6.45, 7) is 4.65. The molecule has 19 heavy (non-hydrogen) atoms. The van der Waals surface area contributed by atoms with Crippen LogP contribution < -0.4 is 4.74 Å². The Kier molecular flexibility index (Phi) is 3.53. The van der Waals surface area contributed by atoms with Crippen LogP contribution in [0.3, 0.4) is 0 Å². The van der Waals surface area contributed by atoms with Gasteiger partial charge in [0.25, 0.3) is 0 Å². The number of benzene rings is 1. The number of aliphatic hydroxyl groups excluding tert-OH is 1. The second kappa shape index (κ2) is 5.16. The highest BCUT2D eigenvalue weighted by molar-refractivity contribution is 5.39. The van der Waals surface area contributed by atoms with Gasteiger partial charge in [-0.25, -0.2) is 0 Å². The highest BCUT2D eigenvalue weighted by Gasteiger charge is 2.26. The number of rotatable bonds is 2. The second-order valence-electron chi connectivity index (χ2n) is 6.57. The Morgan fingerprint density at radius 1 is 1.11 bits per heavy atom. The van der Waals surface area contributed by atoms with Crippen LogP contribution in [-0.4, -0.2) is 11.2 Å². The predicted octanol–water partition coefficient (Wildman–Crippen LogP) is 3.87. The molecule has 1 N–H and O–H groups in total. The van der Waals surface area contributed by atoms with Gasteiger partial charge >= 0.3 is 0 Å². The van der Waals surface area contributed by atoms with Crippen LogP contribution in [0.1, 0.15) is 56.8 Å². The fourth-order valence-corrected chi connectivity index (χ4v) is 3.81. The number of hydrogen-bond donors (Lipinski definition) is 1. The summed E-state index contributed by atoms with van der Waals surface area (Å²) in [4.78, 5) is 0. The highest BCUT2D eigenvalue weighted by Crippen LogP contribution is 2.35. The molecule has 2 aliphatic carbocycles. The average molecular weight is 260 g/mol. The SMILES string of the molecule is CC1CC(C)CC(Oc2ccc3c(c2)CCC3O)C1. The van der Waals surface area contributed by atoms with Crippen LogP contribution in [0.2, 0.25) is 0 Å². The summed E-state index contributed by atoms with van der Waals surface area (Å²) in [7, 11) is 0. The third-order valence-electron chi connectivity index (χ3n) is 4.60. The Morgan fingerprint density at radius 3 is 2.58 bits per heavy atom. The molecule has 1 fully saturated rings. The second-order valence-corrected chi connectivity index (χ2v) is 6.57. The molecule has 0 aliphatic heterocycles. The molecule has 2 aliphatic rings. The first-order valence-electron chi connectivity index (χ1n) is 7.59. The van der Waals surface area contributed by atoms with E-state index in [0.29, 0.717) is 6.10 Å². The van der Waals surface area contributed by atoms with Crippen molar-refractivity contribution in [1.29, 1.82) is 0 Å². The molecule has 1 aromatic carbocycles. The monoisotopic (exact) mass is 260 g/mol. The predicted molar refractivity (Wildman–Crippen MR) is 76.3 cm³/mol. The normalized spacial score (nSPS) is 34.1. The molecule has 104 valence electrons. The van der Waals surface area contributed by atoms with Crippen molar-refractivity contribution in [1.82, 2.24) is 0 Å². The molecule has 0 bridgehead atoms. The van der Waals surface area contributed by atoms with E-state index in [1.54, 1.807) is 0 Å². The molecular weight excluding hydrogens is 236 g/mol. The zero-order valence-electron chi connectivity index (χ0n) is 11.9. The zero-order chi connectivity index (χ0) is 13.4. The van der Waals surface area contributed by atoms with Crippen LogP contribution >= 0.6 is 0 Å². The number of hydrogen-bond acceptors (Lipinski definition) is 2. The van der Waals surface area contributed by atoms with Gasteiger partial charge in [0.05, 0.1) is 12.2 Å². The highest BCUT2D eigenvalue weighted by atomic mass is 16.5. The van der Waals surface area contributed by atoms with E-state index in [2.05, 4.69) is 19.9 Å². The average Bonchev–Trinajstić information content (AvgIpc) is 2.69. The van der Waals surface area contributed by atoms with Crippen molar-refractivity contribution in [3.8, 4) is 5.75 Å². The Hall–Kier alpha value is -1.02. The molecule has 0 radical (unpaired) electrons. The van der Waals surface area contributed by atoms with Gasteiger partial charge in [0.1, 0.15) is 5.75 Å². The first-order chi connectivity index (χ1) is 9.11. The largest absolute Gasteiger partial charge is 0.490 e. The van der Waals surface area contributed by atoms with Crippen molar-refractivity contribution in [2.45, 2.75) is 58.2 Å². The van der Waals surface area contributed by atoms with E-state index in [9.17, 15) is 5.11 Å². The maximum atomic E-state index is 9.82. The fourth-order valence-electron chi connectivity index (χ4n) is 3.81. The van der Waals surface area contributed by atoms with E-state index < -0.39 is 0 Å². The van der Waals surface area contributed by atoms with E-state index in [0.717, 1.165) is 36.0 Å². The van der Waals surface area contributed by atoms with Gasteiger partial charge < -0.3 is 9.84 Å². The van der Waals surface area contributed by atoms with E-state index in [1.807, 2.05) is 12.1 Å². The van der Waals surface area contributed by atoms with Crippen molar-refractivity contribution < 1.29 is 9.84 Å².